The van der Waals surface area contributed by atoms with E-state index < -0.39 is 36.7 Å². The predicted molar refractivity (Wildman–Crippen MR) is 254 cm³/mol. The lowest BCUT2D eigenvalue weighted by atomic mass is 9.92. The van der Waals surface area contributed by atoms with Gasteiger partial charge in [-0.2, -0.15) is 4.98 Å². The van der Waals surface area contributed by atoms with Gasteiger partial charge < -0.3 is 44.0 Å². The largest absolute Gasteiger partial charge is 0.497 e. The van der Waals surface area contributed by atoms with Gasteiger partial charge in [0.25, 0.3) is 6.01 Å². The second-order valence-electron chi connectivity index (χ2n) is 16.3. The summed E-state index contributed by atoms with van der Waals surface area (Å²) in [6, 6.07) is 37.2. The second-order valence-corrected chi connectivity index (χ2v) is 16.3. The van der Waals surface area contributed by atoms with E-state index in [1.165, 1.54) is 12.1 Å². The van der Waals surface area contributed by atoms with Crippen molar-refractivity contribution in [1.82, 2.24) is 9.97 Å². The van der Waals surface area contributed by atoms with Gasteiger partial charge in [0.05, 0.1) is 43.6 Å². The normalized spacial score (nSPS) is 13.7. The highest BCUT2D eigenvalue weighted by Crippen LogP contribution is 2.45. The summed E-state index contributed by atoms with van der Waals surface area (Å²) in [6.45, 7) is 3.45. The summed E-state index contributed by atoms with van der Waals surface area (Å²) < 4.78 is 36.4. The average molecular weight is 912 g/mol. The zero-order chi connectivity index (χ0) is 47.3. The van der Waals surface area contributed by atoms with E-state index in [0.29, 0.717) is 43.8 Å². The lowest BCUT2D eigenvalue weighted by Gasteiger charge is -2.21. The molecule has 8 rings (SSSR count). The molecule has 3 atom stereocenters. The van der Waals surface area contributed by atoms with E-state index in [1.807, 2.05) is 95.9 Å². The Morgan fingerprint density at radius 3 is 2.27 bits per heavy atom. The number of pyridine rings is 1. The number of carbonyl (C=O) groups is 2. The number of halogens is 1. The van der Waals surface area contributed by atoms with E-state index in [-0.39, 0.29) is 12.2 Å². The van der Waals surface area contributed by atoms with Crippen LogP contribution in [0.2, 0.25) is 0 Å². The molecule has 4 N–H and O–H groups in total. The van der Waals surface area contributed by atoms with Crippen LogP contribution in [0.3, 0.4) is 0 Å². The van der Waals surface area contributed by atoms with Crippen LogP contribution in [0.25, 0.3) is 39.2 Å². The maximum Gasteiger partial charge on any atom is 0.344 e. The van der Waals surface area contributed by atoms with Crippen LogP contribution in [-0.2, 0) is 16.1 Å². The minimum atomic E-state index is -1.13. The van der Waals surface area contributed by atoms with Crippen LogP contribution >= 0.6 is 0 Å². The van der Waals surface area contributed by atoms with Crippen LogP contribution in [0.15, 0.2) is 132 Å². The molecule has 0 saturated heterocycles. The summed E-state index contributed by atoms with van der Waals surface area (Å²) in [7, 11) is 1.63. The van der Waals surface area contributed by atoms with Gasteiger partial charge in [0.1, 0.15) is 28.6 Å². The van der Waals surface area contributed by atoms with Crippen molar-refractivity contribution in [1.29, 1.82) is 0 Å². The van der Waals surface area contributed by atoms with Crippen LogP contribution in [0, 0.1) is 5.82 Å². The maximum absolute atomic E-state index is 13.6. The predicted octanol–water partition coefficient (Wildman–Crippen LogP) is 10.1. The third-order valence-corrected chi connectivity index (χ3v) is 11.1. The molecular weight excluding hydrogens is 858 g/mol. The molecule has 7 aromatic rings. The van der Waals surface area contributed by atoms with Crippen molar-refractivity contribution in [2.24, 2.45) is 0 Å². The number of fused-ring (bicyclic) bond motifs is 2. The molecule has 2 aromatic heterocycles. The van der Waals surface area contributed by atoms with Gasteiger partial charge >= 0.3 is 11.9 Å². The minimum Gasteiger partial charge on any atom is -0.497 e. The summed E-state index contributed by atoms with van der Waals surface area (Å²) in [5, 5.41) is 39.2. The molecule has 2 heterocycles. The minimum absolute atomic E-state index is 0.0749. The SMILES string of the molecule is CC[C@@H](Oc1cccc(CN(CCCOc2ccc(OC)cc2)c2nc3ccccc3o2)c1)C(=O)O.O=C(O)C[C@H](O)C[C@H](O)/C=C/c1c(C2CC2)nc2ccccc2c1-c1ccc(F)cc1. The Morgan fingerprint density at radius 1 is 0.866 bits per heavy atom. The van der Waals surface area contributed by atoms with Gasteiger partial charge in [-0.25, -0.2) is 9.18 Å². The van der Waals surface area contributed by atoms with Gasteiger partial charge in [-0.15, -0.1) is 0 Å². The van der Waals surface area contributed by atoms with E-state index in [1.54, 1.807) is 44.4 Å². The smallest absolute Gasteiger partial charge is 0.344 e. The summed E-state index contributed by atoms with van der Waals surface area (Å²) >= 11 is 0. The zero-order valence-corrected chi connectivity index (χ0v) is 37.3. The van der Waals surface area contributed by atoms with Crippen molar-refractivity contribution in [2.75, 3.05) is 25.2 Å². The zero-order valence-electron chi connectivity index (χ0n) is 37.3. The first kappa shape index (κ1) is 47.7. The first-order valence-electron chi connectivity index (χ1n) is 22.3. The van der Waals surface area contributed by atoms with Crippen LogP contribution < -0.4 is 19.1 Å². The van der Waals surface area contributed by atoms with E-state index in [4.69, 9.17) is 28.7 Å². The Hall–Kier alpha value is -7.29. The summed E-state index contributed by atoms with van der Waals surface area (Å²) in [6.07, 6.45) is 3.03. The molecule has 5 aromatic carbocycles. The molecule has 13 nitrogen and oxygen atoms in total. The lowest BCUT2D eigenvalue weighted by Crippen LogP contribution is -2.27. The number of anilines is 1. The highest BCUT2D eigenvalue weighted by Gasteiger charge is 2.30. The molecule has 1 fully saturated rings. The molecule has 0 amide bonds. The van der Waals surface area contributed by atoms with Crippen molar-refractivity contribution in [3.8, 4) is 28.4 Å². The number of hydrogen-bond acceptors (Lipinski definition) is 11. The summed E-state index contributed by atoms with van der Waals surface area (Å²) in [5.74, 6) is -0.00284. The Morgan fingerprint density at radius 2 is 1.58 bits per heavy atom. The van der Waals surface area contributed by atoms with Crippen LogP contribution in [0.5, 0.6) is 17.2 Å². The number of carboxylic acids is 2. The Balaban J connectivity index is 0.000000201. The number of carboxylic acid groups (broad SMARTS) is 2. The van der Waals surface area contributed by atoms with Gasteiger partial charge in [0.15, 0.2) is 11.7 Å². The van der Waals surface area contributed by atoms with Crippen molar-refractivity contribution in [3.63, 3.8) is 0 Å². The molecule has 0 radical (unpaired) electrons. The van der Waals surface area contributed by atoms with E-state index in [9.17, 15) is 29.3 Å². The van der Waals surface area contributed by atoms with Crippen molar-refractivity contribution in [2.45, 2.75) is 76.2 Å². The number of aliphatic carboxylic acids is 2. The highest BCUT2D eigenvalue weighted by molar-refractivity contribution is 5.99. The number of nitrogens with zero attached hydrogens (tertiary/aromatic N) is 3. The number of oxazole rings is 1. The molecule has 0 bridgehead atoms. The quantitative estimate of drug-likeness (QED) is 0.0500. The number of hydrogen-bond donors (Lipinski definition) is 4. The molecule has 1 aliphatic rings. The standard InChI is InChI=1S/C28H30N2O6.C25H24FNO4/c1-3-25(27(31)32)35-23-9-6-8-20(18-23)19-30(28-29-24-10-4-5-11-26(24)36-28)16-7-17-34-22-14-12-21(33-2)13-15-22;26-17-9-7-15(8-10-17)24-20-3-1-2-4-22(20)27-25(16-5-6-16)21(24)12-11-18(28)13-19(29)14-23(30)31/h4-6,8-15,18,25H,3,7,16-17,19H2,1-2H3,(H,31,32);1-4,7-12,16,18-19,28-29H,5-6,13-14H2,(H,30,31)/b;12-11+/t25-;18-,19-/m11/s1. The van der Waals surface area contributed by atoms with E-state index in [2.05, 4.69) is 4.98 Å². The average Bonchev–Trinajstić information content (AvgIpc) is 4.08. The van der Waals surface area contributed by atoms with Gasteiger partial charge in [0.2, 0.25) is 0 Å². The number of methoxy groups -OCH3 is 1. The molecule has 0 unspecified atom stereocenters. The maximum atomic E-state index is 13.6. The number of rotatable bonds is 21. The van der Waals surface area contributed by atoms with Gasteiger partial charge in [0, 0.05) is 41.9 Å². The van der Waals surface area contributed by atoms with Crippen LogP contribution in [-0.4, -0.2) is 80.9 Å². The number of aromatic nitrogens is 2. The van der Waals surface area contributed by atoms with E-state index in [0.717, 1.165) is 80.7 Å². The fourth-order valence-corrected chi connectivity index (χ4v) is 7.62. The third-order valence-electron chi connectivity index (χ3n) is 11.1. The molecule has 348 valence electrons. The van der Waals surface area contributed by atoms with Gasteiger partial charge in [-0.1, -0.05) is 73.7 Å². The molecule has 1 aliphatic carbocycles. The first-order chi connectivity index (χ1) is 32.5. The number of aliphatic hydroxyl groups is 2. The molecular formula is C53H54FN3O10. The van der Waals surface area contributed by atoms with Crippen LogP contribution in [0.4, 0.5) is 10.4 Å². The molecule has 67 heavy (non-hydrogen) atoms. The number of ether oxygens (including phenoxy) is 3. The molecule has 0 aliphatic heterocycles. The lowest BCUT2D eigenvalue weighted by molar-refractivity contribution is -0.145. The van der Waals surface area contributed by atoms with Crippen molar-refractivity contribution >= 4 is 46.0 Å². The fourth-order valence-electron chi connectivity index (χ4n) is 7.62. The Labute approximate surface area is 387 Å². The number of para-hydroxylation sites is 3. The van der Waals surface area contributed by atoms with Crippen molar-refractivity contribution in [3.05, 3.63) is 150 Å². The second kappa shape index (κ2) is 22.7. The molecule has 14 heteroatoms. The van der Waals surface area contributed by atoms with E-state index >= 15 is 0 Å². The molecule has 0 spiro atoms. The van der Waals surface area contributed by atoms with Crippen molar-refractivity contribution < 1.29 is 53.0 Å². The molecule has 1 saturated carbocycles. The van der Waals surface area contributed by atoms with Gasteiger partial charge in [-0.3, -0.25) is 9.78 Å². The highest BCUT2D eigenvalue weighted by atomic mass is 19.1. The number of aliphatic hydroxyl groups excluding tert-OH is 2. The Kier molecular flexibility index (Phi) is 16.2. The third kappa shape index (κ3) is 13.2. The van der Waals surface area contributed by atoms with Gasteiger partial charge in [-0.05, 0) is 104 Å². The monoisotopic (exact) mass is 911 g/mol. The number of benzene rings is 5. The fraction of sp³-hybridized carbons (Fsp3) is 0.283. The van der Waals surface area contributed by atoms with Crippen LogP contribution in [0.1, 0.15) is 68.2 Å². The first-order valence-corrected chi connectivity index (χ1v) is 22.3. The summed E-state index contributed by atoms with van der Waals surface area (Å²) in [4.78, 5) is 33.7. The Bertz CT molecular complexity index is 2740. The topological polar surface area (TPSA) is 185 Å². The summed E-state index contributed by atoms with van der Waals surface area (Å²) in [5.41, 5.74) is 6.88.